The van der Waals surface area contributed by atoms with Crippen LogP contribution in [0.5, 0.6) is 0 Å². The van der Waals surface area contributed by atoms with Gasteiger partial charge in [-0.3, -0.25) is 0 Å². The lowest BCUT2D eigenvalue weighted by molar-refractivity contribution is -0.183. The van der Waals surface area contributed by atoms with E-state index < -0.39 is 12.1 Å². The maximum Gasteiger partial charge on any atom is 0.391 e. The molecule has 0 aromatic heterocycles. The van der Waals surface area contributed by atoms with Crippen molar-refractivity contribution in [1.82, 2.24) is 5.32 Å². The van der Waals surface area contributed by atoms with E-state index >= 15 is 0 Å². The lowest BCUT2D eigenvalue weighted by Gasteiger charge is -2.32. The van der Waals surface area contributed by atoms with Crippen molar-refractivity contribution in [3.05, 3.63) is 0 Å². The standard InChI is InChI=1S/C13H24F3NO/c1-9(6-10(2)18)8-17-12-5-3-4-11(7-12)13(14,15)16/h9-12,17-18H,3-8H2,1-2H3/t9-,10-,11-,12+/m0/s1. The van der Waals surface area contributed by atoms with Crippen molar-refractivity contribution in [2.75, 3.05) is 6.54 Å². The van der Waals surface area contributed by atoms with Crippen LogP contribution in [-0.4, -0.2) is 30.0 Å². The fourth-order valence-electron chi connectivity index (χ4n) is 2.71. The van der Waals surface area contributed by atoms with Gasteiger partial charge in [-0.15, -0.1) is 0 Å². The number of aliphatic hydroxyl groups is 1. The third-order valence-corrected chi connectivity index (χ3v) is 3.64. The van der Waals surface area contributed by atoms with Gasteiger partial charge in [-0.1, -0.05) is 13.3 Å². The molecule has 4 atom stereocenters. The van der Waals surface area contributed by atoms with Gasteiger partial charge in [0.1, 0.15) is 0 Å². The Hall–Kier alpha value is -0.290. The summed E-state index contributed by atoms with van der Waals surface area (Å²) in [4.78, 5) is 0. The van der Waals surface area contributed by atoms with Gasteiger partial charge in [-0.05, 0) is 45.1 Å². The molecule has 0 unspecified atom stereocenters. The highest BCUT2D eigenvalue weighted by Gasteiger charge is 2.41. The Morgan fingerprint density at radius 3 is 2.50 bits per heavy atom. The first-order chi connectivity index (χ1) is 8.29. The van der Waals surface area contributed by atoms with Crippen molar-refractivity contribution in [1.29, 1.82) is 0 Å². The van der Waals surface area contributed by atoms with Crippen molar-refractivity contribution in [3.63, 3.8) is 0 Å². The van der Waals surface area contributed by atoms with Gasteiger partial charge < -0.3 is 10.4 Å². The quantitative estimate of drug-likeness (QED) is 0.802. The predicted molar refractivity (Wildman–Crippen MR) is 65.3 cm³/mol. The minimum atomic E-state index is -4.05. The Morgan fingerprint density at radius 1 is 1.28 bits per heavy atom. The summed E-state index contributed by atoms with van der Waals surface area (Å²) >= 11 is 0. The highest BCUT2D eigenvalue weighted by molar-refractivity contribution is 4.82. The molecule has 0 amide bonds. The molecule has 1 fully saturated rings. The van der Waals surface area contributed by atoms with Crippen molar-refractivity contribution in [3.8, 4) is 0 Å². The second kappa shape index (κ2) is 6.75. The number of nitrogens with one attached hydrogen (secondary N) is 1. The van der Waals surface area contributed by atoms with Crippen LogP contribution in [0.25, 0.3) is 0 Å². The van der Waals surface area contributed by atoms with Crippen molar-refractivity contribution >= 4 is 0 Å². The highest BCUT2D eigenvalue weighted by Crippen LogP contribution is 2.37. The molecule has 0 aromatic carbocycles. The summed E-state index contributed by atoms with van der Waals surface area (Å²) < 4.78 is 37.9. The summed E-state index contributed by atoms with van der Waals surface area (Å²) in [7, 11) is 0. The average Bonchev–Trinajstić information content (AvgIpc) is 2.25. The maximum absolute atomic E-state index is 12.6. The minimum absolute atomic E-state index is 0.0261. The van der Waals surface area contributed by atoms with Crippen LogP contribution in [0, 0.1) is 11.8 Å². The van der Waals surface area contributed by atoms with Crippen molar-refractivity contribution < 1.29 is 18.3 Å². The van der Waals surface area contributed by atoms with Crippen LogP contribution < -0.4 is 5.32 Å². The predicted octanol–water partition coefficient (Wildman–Crippen LogP) is 3.10. The van der Waals surface area contributed by atoms with Gasteiger partial charge in [-0.2, -0.15) is 13.2 Å². The fourth-order valence-corrected chi connectivity index (χ4v) is 2.71. The van der Waals surface area contributed by atoms with E-state index in [4.69, 9.17) is 0 Å². The van der Waals surface area contributed by atoms with Crippen LogP contribution in [0.3, 0.4) is 0 Å². The molecule has 5 heteroatoms. The molecule has 2 nitrogen and oxygen atoms in total. The van der Waals surface area contributed by atoms with E-state index in [0.29, 0.717) is 19.4 Å². The Labute approximate surface area is 107 Å². The van der Waals surface area contributed by atoms with E-state index in [1.54, 1.807) is 6.92 Å². The van der Waals surface area contributed by atoms with Gasteiger partial charge in [0, 0.05) is 6.04 Å². The molecule has 1 aliphatic carbocycles. The van der Waals surface area contributed by atoms with Crippen LogP contribution in [0.1, 0.15) is 46.0 Å². The van der Waals surface area contributed by atoms with Crippen LogP contribution in [0.4, 0.5) is 13.2 Å². The number of hydrogen-bond acceptors (Lipinski definition) is 2. The molecule has 0 aromatic rings. The monoisotopic (exact) mass is 267 g/mol. The second-order valence-corrected chi connectivity index (χ2v) is 5.70. The number of aliphatic hydroxyl groups excluding tert-OH is 1. The molecule has 108 valence electrons. The zero-order valence-electron chi connectivity index (χ0n) is 11.1. The fraction of sp³-hybridized carbons (Fsp3) is 1.00. The first-order valence-corrected chi connectivity index (χ1v) is 6.77. The smallest absolute Gasteiger partial charge is 0.391 e. The van der Waals surface area contributed by atoms with E-state index in [9.17, 15) is 18.3 Å². The van der Waals surface area contributed by atoms with E-state index in [1.165, 1.54) is 0 Å². The Bertz CT molecular complexity index is 243. The second-order valence-electron chi connectivity index (χ2n) is 5.70. The van der Waals surface area contributed by atoms with Gasteiger partial charge in [0.15, 0.2) is 0 Å². The van der Waals surface area contributed by atoms with Crippen LogP contribution >= 0.6 is 0 Å². The molecule has 0 aliphatic heterocycles. The van der Waals surface area contributed by atoms with Crippen molar-refractivity contribution in [2.45, 2.75) is 64.3 Å². The molecule has 2 N–H and O–H groups in total. The van der Waals surface area contributed by atoms with E-state index in [1.807, 2.05) is 6.92 Å². The van der Waals surface area contributed by atoms with Crippen molar-refractivity contribution in [2.24, 2.45) is 11.8 Å². The van der Waals surface area contributed by atoms with Gasteiger partial charge in [0.25, 0.3) is 0 Å². The van der Waals surface area contributed by atoms with Gasteiger partial charge in [-0.25, -0.2) is 0 Å². The largest absolute Gasteiger partial charge is 0.393 e. The lowest BCUT2D eigenvalue weighted by Crippen LogP contribution is -2.40. The van der Waals surface area contributed by atoms with Gasteiger partial charge >= 0.3 is 6.18 Å². The van der Waals surface area contributed by atoms with Gasteiger partial charge in [0.05, 0.1) is 12.0 Å². The molecule has 0 saturated heterocycles. The van der Waals surface area contributed by atoms with E-state index in [2.05, 4.69) is 5.32 Å². The number of halogens is 3. The molecule has 0 radical (unpaired) electrons. The van der Waals surface area contributed by atoms with Gasteiger partial charge in [0.2, 0.25) is 0 Å². The molecule has 18 heavy (non-hydrogen) atoms. The third-order valence-electron chi connectivity index (χ3n) is 3.64. The molecule has 0 spiro atoms. The summed E-state index contributed by atoms with van der Waals surface area (Å²) in [6.07, 6.45) is -1.78. The summed E-state index contributed by atoms with van der Waals surface area (Å²) in [5.41, 5.74) is 0. The number of hydrogen-bond donors (Lipinski definition) is 2. The zero-order valence-corrected chi connectivity index (χ0v) is 11.1. The Balaban J connectivity index is 2.30. The number of alkyl halides is 3. The molecule has 1 aliphatic rings. The minimum Gasteiger partial charge on any atom is -0.393 e. The van der Waals surface area contributed by atoms with Crippen LogP contribution in [-0.2, 0) is 0 Å². The molecule has 0 bridgehead atoms. The first-order valence-electron chi connectivity index (χ1n) is 6.77. The normalized spacial score (nSPS) is 29.0. The third kappa shape index (κ3) is 5.57. The van der Waals surface area contributed by atoms with Crippen LogP contribution in [0.15, 0.2) is 0 Å². The van der Waals surface area contributed by atoms with E-state index in [0.717, 1.165) is 6.42 Å². The lowest BCUT2D eigenvalue weighted by atomic mass is 9.85. The molecule has 1 rings (SSSR count). The average molecular weight is 267 g/mol. The summed E-state index contributed by atoms with van der Waals surface area (Å²) in [6, 6.07) is -0.0261. The number of rotatable bonds is 5. The van der Waals surface area contributed by atoms with E-state index in [-0.39, 0.29) is 30.9 Å². The van der Waals surface area contributed by atoms with Crippen LogP contribution in [0.2, 0.25) is 0 Å². The maximum atomic E-state index is 12.6. The summed E-state index contributed by atoms with van der Waals surface area (Å²) in [6.45, 7) is 4.42. The highest BCUT2D eigenvalue weighted by atomic mass is 19.4. The summed E-state index contributed by atoms with van der Waals surface area (Å²) in [5, 5.41) is 12.4. The summed E-state index contributed by atoms with van der Waals surface area (Å²) in [5.74, 6) is -0.855. The first kappa shape index (κ1) is 15.8. The molecular weight excluding hydrogens is 243 g/mol. The Morgan fingerprint density at radius 2 is 1.94 bits per heavy atom. The molecule has 1 saturated carbocycles. The Kier molecular flexibility index (Phi) is 5.92. The zero-order chi connectivity index (χ0) is 13.8. The molecule has 0 heterocycles. The topological polar surface area (TPSA) is 32.3 Å². The SMILES string of the molecule is C[C@H](CN[C@@H]1CCC[C@H](C(F)(F)F)C1)C[C@H](C)O. The molecular formula is C13H24F3NO.